The van der Waals surface area contributed by atoms with Crippen LogP contribution < -0.4 is 16.4 Å². The molecule has 170 valence electrons. The second kappa shape index (κ2) is 11.3. The number of amides is 2. The summed E-state index contributed by atoms with van der Waals surface area (Å²) < 4.78 is 4.86. The summed E-state index contributed by atoms with van der Waals surface area (Å²) in [5.74, 6) is -1.40. The number of carbonyl (C=O) groups excluding carboxylic acids is 3. The van der Waals surface area contributed by atoms with Gasteiger partial charge in [-0.05, 0) is 60.0 Å². The van der Waals surface area contributed by atoms with Crippen molar-refractivity contribution >= 4 is 36.1 Å². The standard InChI is InChI=1S/C24H24N4O4S/c1-2-32-24(31)23(33)28-22(30)16-5-3-4-15(12-16)20-13-17(6-7-18(20)14-25)21(29)27-19-8-10-26-11-9-19/h3-13,23,33H,2,14,25H2,1H3,(H,28,30)(H,26,27,29). The van der Waals surface area contributed by atoms with Crippen LogP contribution in [-0.4, -0.2) is 34.7 Å². The highest BCUT2D eigenvalue weighted by molar-refractivity contribution is 7.81. The van der Waals surface area contributed by atoms with E-state index in [9.17, 15) is 14.4 Å². The molecule has 4 N–H and O–H groups in total. The topological polar surface area (TPSA) is 123 Å². The molecule has 1 unspecified atom stereocenters. The maximum absolute atomic E-state index is 12.7. The first-order valence-corrected chi connectivity index (χ1v) is 10.7. The number of hydrogen-bond donors (Lipinski definition) is 4. The van der Waals surface area contributed by atoms with Gasteiger partial charge < -0.3 is 21.1 Å². The minimum Gasteiger partial charge on any atom is -0.464 e. The van der Waals surface area contributed by atoms with Crippen LogP contribution in [0.4, 0.5) is 5.69 Å². The second-order valence-electron chi connectivity index (χ2n) is 6.97. The predicted octanol–water partition coefficient (Wildman–Crippen LogP) is 3.01. The van der Waals surface area contributed by atoms with E-state index in [4.69, 9.17) is 10.5 Å². The minimum atomic E-state index is -1.08. The fourth-order valence-electron chi connectivity index (χ4n) is 3.12. The third-order valence-electron chi connectivity index (χ3n) is 4.74. The smallest absolute Gasteiger partial charge is 0.339 e. The van der Waals surface area contributed by atoms with Gasteiger partial charge in [0.25, 0.3) is 11.8 Å². The van der Waals surface area contributed by atoms with Crippen LogP contribution >= 0.6 is 12.6 Å². The van der Waals surface area contributed by atoms with Crippen LogP contribution in [0.2, 0.25) is 0 Å². The monoisotopic (exact) mass is 464 g/mol. The maximum Gasteiger partial charge on any atom is 0.339 e. The Labute approximate surface area is 197 Å². The molecule has 3 rings (SSSR count). The average Bonchev–Trinajstić information content (AvgIpc) is 2.84. The van der Waals surface area contributed by atoms with E-state index in [1.54, 1.807) is 67.8 Å². The molecule has 1 atom stereocenters. The lowest BCUT2D eigenvalue weighted by molar-refractivity contribution is -0.142. The molecule has 0 fully saturated rings. The molecule has 8 nitrogen and oxygen atoms in total. The van der Waals surface area contributed by atoms with E-state index < -0.39 is 17.3 Å². The zero-order valence-corrected chi connectivity index (χ0v) is 18.8. The van der Waals surface area contributed by atoms with E-state index in [2.05, 4.69) is 28.2 Å². The van der Waals surface area contributed by atoms with Gasteiger partial charge in [0.2, 0.25) is 0 Å². The SMILES string of the molecule is CCOC(=O)C(S)NC(=O)c1cccc(-c2cc(C(=O)Nc3ccncc3)ccc2CN)c1. The van der Waals surface area contributed by atoms with Crippen molar-refractivity contribution < 1.29 is 19.1 Å². The molecule has 2 aromatic carbocycles. The first-order chi connectivity index (χ1) is 15.9. The summed E-state index contributed by atoms with van der Waals surface area (Å²) in [6, 6.07) is 15.4. The number of aromatic nitrogens is 1. The molecule has 3 aromatic rings. The second-order valence-corrected chi connectivity index (χ2v) is 7.49. The molecule has 1 aromatic heterocycles. The first kappa shape index (κ1) is 24.0. The highest BCUT2D eigenvalue weighted by Gasteiger charge is 2.19. The molecule has 0 saturated heterocycles. The lowest BCUT2D eigenvalue weighted by atomic mass is 9.95. The Bertz CT molecular complexity index is 1150. The Balaban J connectivity index is 1.86. The molecule has 0 aliphatic rings. The lowest BCUT2D eigenvalue weighted by Crippen LogP contribution is -2.37. The number of ether oxygens (including phenoxy) is 1. The van der Waals surface area contributed by atoms with Crippen molar-refractivity contribution in [3.63, 3.8) is 0 Å². The summed E-state index contributed by atoms with van der Waals surface area (Å²) in [5, 5.41) is 4.24. The van der Waals surface area contributed by atoms with E-state index in [0.29, 0.717) is 22.4 Å². The Morgan fingerprint density at radius 1 is 1.03 bits per heavy atom. The van der Waals surface area contributed by atoms with Gasteiger partial charge in [0.05, 0.1) is 6.61 Å². The zero-order chi connectivity index (χ0) is 23.8. The molecule has 0 aliphatic carbocycles. The van der Waals surface area contributed by atoms with Crippen molar-refractivity contribution in [1.29, 1.82) is 0 Å². The van der Waals surface area contributed by atoms with E-state index in [1.165, 1.54) is 0 Å². The van der Waals surface area contributed by atoms with Crippen LogP contribution in [0.15, 0.2) is 67.0 Å². The molecule has 9 heteroatoms. The quantitative estimate of drug-likeness (QED) is 0.231. The number of hydrogen-bond acceptors (Lipinski definition) is 7. The number of rotatable bonds is 8. The molecule has 0 saturated carbocycles. The Morgan fingerprint density at radius 2 is 1.76 bits per heavy atom. The molecular formula is C24H24N4O4S. The summed E-state index contributed by atoms with van der Waals surface area (Å²) in [7, 11) is 0. The molecule has 0 spiro atoms. The molecule has 0 radical (unpaired) electrons. The lowest BCUT2D eigenvalue weighted by Gasteiger charge is -2.14. The van der Waals surface area contributed by atoms with Crippen molar-refractivity contribution in [1.82, 2.24) is 10.3 Å². The normalized spacial score (nSPS) is 11.4. The first-order valence-electron chi connectivity index (χ1n) is 10.2. The number of pyridine rings is 1. The zero-order valence-electron chi connectivity index (χ0n) is 17.9. The number of thiol groups is 1. The van der Waals surface area contributed by atoms with Gasteiger partial charge in [-0.2, -0.15) is 0 Å². The Hall–Kier alpha value is -3.69. The van der Waals surface area contributed by atoms with Gasteiger partial charge in [-0.25, -0.2) is 4.79 Å². The largest absolute Gasteiger partial charge is 0.464 e. The van der Waals surface area contributed by atoms with Crippen LogP contribution in [0.5, 0.6) is 0 Å². The number of benzene rings is 2. The summed E-state index contributed by atoms with van der Waals surface area (Å²) in [5.41, 5.74) is 9.54. The number of esters is 1. The van der Waals surface area contributed by atoms with Gasteiger partial charge in [-0.1, -0.05) is 18.2 Å². The van der Waals surface area contributed by atoms with Crippen LogP contribution in [0.3, 0.4) is 0 Å². The van der Waals surface area contributed by atoms with E-state index in [0.717, 1.165) is 11.1 Å². The number of nitrogens with one attached hydrogen (secondary N) is 2. The third-order valence-corrected chi connectivity index (χ3v) is 5.08. The van der Waals surface area contributed by atoms with E-state index in [-0.39, 0.29) is 19.1 Å². The highest BCUT2D eigenvalue weighted by Crippen LogP contribution is 2.26. The minimum absolute atomic E-state index is 0.189. The number of anilines is 1. The molecule has 0 bridgehead atoms. The van der Waals surface area contributed by atoms with Crippen molar-refractivity contribution in [2.45, 2.75) is 18.8 Å². The van der Waals surface area contributed by atoms with Crippen LogP contribution in [0.25, 0.3) is 11.1 Å². The number of nitrogens with two attached hydrogens (primary N) is 1. The highest BCUT2D eigenvalue weighted by atomic mass is 32.1. The van der Waals surface area contributed by atoms with Gasteiger partial charge in [0.1, 0.15) is 0 Å². The summed E-state index contributed by atoms with van der Waals surface area (Å²) in [4.78, 5) is 41.0. The molecular weight excluding hydrogens is 440 g/mol. The third kappa shape index (κ3) is 6.18. The number of nitrogens with zero attached hydrogens (tertiary/aromatic N) is 1. The van der Waals surface area contributed by atoms with Gasteiger partial charge >= 0.3 is 5.97 Å². The molecule has 1 heterocycles. The van der Waals surface area contributed by atoms with E-state index >= 15 is 0 Å². The van der Waals surface area contributed by atoms with Crippen molar-refractivity contribution in [3.8, 4) is 11.1 Å². The van der Waals surface area contributed by atoms with Gasteiger partial charge in [-0.15, -0.1) is 12.6 Å². The van der Waals surface area contributed by atoms with Gasteiger partial charge in [0.15, 0.2) is 5.37 Å². The fourth-order valence-corrected chi connectivity index (χ4v) is 3.31. The van der Waals surface area contributed by atoms with Crippen molar-refractivity contribution in [3.05, 3.63) is 83.7 Å². The number of carbonyl (C=O) groups is 3. The summed E-state index contributed by atoms with van der Waals surface area (Å²) >= 11 is 4.08. The van der Waals surface area contributed by atoms with Crippen LogP contribution in [-0.2, 0) is 16.1 Å². The van der Waals surface area contributed by atoms with Crippen molar-refractivity contribution in [2.24, 2.45) is 5.73 Å². The summed E-state index contributed by atoms with van der Waals surface area (Å²) in [6.07, 6.45) is 3.18. The predicted molar refractivity (Wildman–Crippen MR) is 129 cm³/mol. The van der Waals surface area contributed by atoms with Crippen molar-refractivity contribution in [2.75, 3.05) is 11.9 Å². The van der Waals surface area contributed by atoms with Crippen LogP contribution in [0.1, 0.15) is 33.2 Å². The molecule has 2 amide bonds. The van der Waals surface area contributed by atoms with E-state index in [1.807, 2.05) is 6.07 Å². The Kier molecular flexibility index (Phi) is 8.17. The van der Waals surface area contributed by atoms with Gasteiger partial charge in [0, 0.05) is 35.8 Å². The maximum atomic E-state index is 12.7. The fraction of sp³-hybridized carbons (Fsp3) is 0.167. The van der Waals surface area contributed by atoms with Gasteiger partial charge in [-0.3, -0.25) is 14.6 Å². The summed E-state index contributed by atoms with van der Waals surface area (Å²) in [6.45, 7) is 2.11. The van der Waals surface area contributed by atoms with Crippen LogP contribution in [0, 0.1) is 0 Å². The Morgan fingerprint density at radius 3 is 2.45 bits per heavy atom. The molecule has 33 heavy (non-hydrogen) atoms. The average molecular weight is 465 g/mol. The molecule has 0 aliphatic heterocycles.